The van der Waals surface area contributed by atoms with Gasteiger partial charge in [0.25, 0.3) is 0 Å². The Labute approximate surface area is 95.8 Å². The van der Waals surface area contributed by atoms with Crippen LogP contribution in [0.1, 0.15) is 24.4 Å². The first-order chi connectivity index (χ1) is 7.81. The van der Waals surface area contributed by atoms with E-state index in [2.05, 4.69) is 5.32 Å². The summed E-state index contributed by atoms with van der Waals surface area (Å²) in [4.78, 5) is 0. The van der Waals surface area contributed by atoms with Gasteiger partial charge in [-0.15, -0.1) is 0 Å². The first-order valence-electron chi connectivity index (χ1n) is 5.79. The number of nitrogens with one attached hydrogen (secondary N) is 1. The Morgan fingerprint density at radius 3 is 2.81 bits per heavy atom. The summed E-state index contributed by atoms with van der Waals surface area (Å²) in [5, 5.41) is 3.49. The van der Waals surface area contributed by atoms with Gasteiger partial charge in [-0.2, -0.15) is 0 Å². The molecule has 0 amide bonds. The van der Waals surface area contributed by atoms with E-state index in [4.69, 9.17) is 4.74 Å². The van der Waals surface area contributed by atoms with Crippen molar-refractivity contribution in [3.63, 3.8) is 0 Å². The Bertz CT molecular complexity index is 323. The van der Waals surface area contributed by atoms with Crippen molar-refractivity contribution in [2.75, 3.05) is 20.3 Å². The highest BCUT2D eigenvalue weighted by molar-refractivity contribution is 5.21. The summed E-state index contributed by atoms with van der Waals surface area (Å²) in [6.45, 7) is 1.79. The minimum Gasteiger partial charge on any atom is -0.384 e. The third-order valence-corrected chi connectivity index (χ3v) is 3.20. The largest absolute Gasteiger partial charge is 0.384 e. The van der Waals surface area contributed by atoms with E-state index >= 15 is 0 Å². The molecule has 0 saturated carbocycles. The molecular formula is C13H18FNO. The molecular weight excluding hydrogens is 205 g/mol. The van der Waals surface area contributed by atoms with Crippen molar-refractivity contribution in [3.8, 4) is 0 Å². The van der Waals surface area contributed by atoms with E-state index in [1.165, 1.54) is 25.0 Å². The van der Waals surface area contributed by atoms with Gasteiger partial charge in [0, 0.05) is 19.1 Å². The third-order valence-electron chi connectivity index (χ3n) is 3.20. The minimum absolute atomic E-state index is 0.178. The van der Waals surface area contributed by atoms with Crippen LogP contribution in [0.5, 0.6) is 0 Å². The van der Waals surface area contributed by atoms with E-state index < -0.39 is 0 Å². The third kappa shape index (κ3) is 2.60. The zero-order valence-electron chi connectivity index (χ0n) is 9.58. The first kappa shape index (κ1) is 11.6. The Hall–Kier alpha value is -0.930. The molecule has 0 aliphatic carbocycles. The topological polar surface area (TPSA) is 21.3 Å². The monoisotopic (exact) mass is 223 g/mol. The fourth-order valence-corrected chi connectivity index (χ4v) is 2.41. The molecule has 2 nitrogen and oxygen atoms in total. The maximum atomic E-state index is 12.9. The highest BCUT2D eigenvalue weighted by Crippen LogP contribution is 2.29. The molecule has 1 aliphatic heterocycles. The van der Waals surface area contributed by atoms with Crippen LogP contribution in [0.2, 0.25) is 0 Å². The maximum Gasteiger partial charge on any atom is 0.123 e. The van der Waals surface area contributed by atoms with Crippen molar-refractivity contribution >= 4 is 0 Å². The molecule has 16 heavy (non-hydrogen) atoms. The van der Waals surface area contributed by atoms with Crippen LogP contribution >= 0.6 is 0 Å². The Morgan fingerprint density at radius 1 is 1.38 bits per heavy atom. The summed E-state index contributed by atoms with van der Waals surface area (Å²) in [5.74, 6) is 0.312. The van der Waals surface area contributed by atoms with Crippen molar-refractivity contribution in [1.82, 2.24) is 5.32 Å². The van der Waals surface area contributed by atoms with Gasteiger partial charge < -0.3 is 10.1 Å². The van der Waals surface area contributed by atoms with E-state index in [1.807, 2.05) is 12.1 Å². The van der Waals surface area contributed by atoms with E-state index in [0.717, 1.165) is 18.7 Å². The average molecular weight is 223 g/mol. The quantitative estimate of drug-likeness (QED) is 0.850. The van der Waals surface area contributed by atoms with Crippen molar-refractivity contribution in [2.24, 2.45) is 5.92 Å². The summed E-state index contributed by atoms with van der Waals surface area (Å²) in [5.41, 5.74) is 1.16. The van der Waals surface area contributed by atoms with Crippen LogP contribution in [0.4, 0.5) is 4.39 Å². The summed E-state index contributed by atoms with van der Waals surface area (Å²) in [6, 6.07) is 7.07. The molecule has 1 fully saturated rings. The van der Waals surface area contributed by atoms with Gasteiger partial charge in [0.05, 0.1) is 6.61 Å². The minimum atomic E-state index is -0.178. The fraction of sp³-hybridized carbons (Fsp3) is 0.538. The molecule has 3 heteroatoms. The molecule has 1 N–H and O–H groups in total. The average Bonchev–Trinajstić information content (AvgIpc) is 2.32. The molecule has 88 valence electrons. The van der Waals surface area contributed by atoms with Crippen molar-refractivity contribution in [1.29, 1.82) is 0 Å². The molecule has 1 aromatic rings. The van der Waals surface area contributed by atoms with Crippen molar-refractivity contribution in [3.05, 3.63) is 35.6 Å². The second-order valence-electron chi connectivity index (χ2n) is 4.34. The molecule has 2 rings (SSSR count). The molecule has 0 radical (unpaired) electrons. The van der Waals surface area contributed by atoms with E-state index in [9.17, 15) is 4.39 Å². The molecule has 0 bridgehead atoms. The lowest BCUT2D eigenvalue weighted by Gasteiger charge is -2.32. The summed E-state index contributed by atoms with van der Waals surface area (Å²) >= 11 is 0. The number of methoxy groups -OCH3 is 1. The molecule has 2 atom stereocenters. The number of halogens is 1. The Kier molecular flexibility index (Phi) is 3.91. The molecule has 0 aromatic heterocycles. The maximum absolute atomic E-state index is 12.9. The molecule has 1 saturated heterocycles. The summed E-state index contributed by atoms with van der Waals surface area (Å²) in [6.07, 6.45) is 2.36. The van der Waals surface area contributed by atoms with E-state index in [-0.39, 0.29) is 5.82 Å². The number of ether oxygens (including phenoxy) is 1. The number of hydrogen-bond acceptors (Lipinski definition) is 2. The molecule has 0 spiro atoms. The van der Waals surface area contributed by atoms with Crippen molar-refractivity contribution < 1.29 is 9.13 Å². The summed E-state index contributed by atoms with van der Waals surface area (Å²) in [7, 11) is 1.73. The van der Waals surface area contributed by atoms with Crippen LogP contribution in [-0.4, -0.2) is 20.3 Å². The standard InChI is InChI=1S/C13H18FNO/c1-16-9-11-3-2-8-15-13(11)10-4-6-12(14)7-5-10/h4-7,11,13,15H,2-3,8-9H2,1H3. The number of rotatable bonds is 3. The molecule has 1 aromatic carbocycles. The van der Waals surface area contributed by atoms with Crippen molar-refractivity contribution in [2.45, 2.75) is 18.9 Å². The predicted octanol–water partition coefficient (Wildman–Crippen LogP) is 2.51. The summed E-state index contributed by atoms with van der Waals surface area (Å²) < 4.78 is 18.1. The smallest absolute Gasteiger partial charge is 0.123 e. The zero-order valence-corrected chi connectivity index (χ0v) is 9.58. The van der Waals surface area contributed by atoms with Gasteiger partial charge in [-0.05, 0) is 37.1 Å². The highest BCUT2D eigenvalue weighted by Gasteiger charge is 2.25. The lowest BCUT2D eigenvalue weighted by Crippen LogP contribution is -2.36. The van der Waals surface area contributed by atoms with Gasteiger partial charge in [-0.25, -0.2) is 4.39 Å². The number of benzene rings is 1. The highest BCUT2D eigenvalue weighted by atomic mass is 19.1. The van der Waals surface area contributed by atoms with Crippen LogP contribution in [0, 0.1) is 11.7 Å². The Balaban J connectivity index is 2.13. The normalized spacial score (nSPS) is 25.6. The van der Waals surface area contributed by atoms with Crippen LogP contribution in [-0.2, 0) is 4.74 Å². The van der Waals surface area contributed by atoms with Crippen LogP contribution in [0.3, 0.4) is 0 Å². The number of hydrogen-bond donors (Lipinski definition) is 1. The van der Waals surface area contributed by atoms with Crippen LogP contribution in [0.25, 0.3) is 0 Å². The molecule has 2 unspecified atom stereocenters. The molecule has 1 aliphatic rings. The van der Waals surface area contributed by atoms with E-state index in [1.54, 1.807) is 7.11 Å². The van der Waals surface area contributed by atoms with Crippen LogP contribution in [0.15, 0.2) is 24.3 Å². The van der Waals surface area contributed by atoms with Gasteiger partial charge >= 0.3 is 0 Å². The second-order valence-corrected chi connectivity index (χ2v) is 4.34. The van der Waals surface area contributed by atoms with Gasteiger partial charge in [0.1, 0.15) is 5.82 Å². The van der Waals surface area contributed by atoms with Gasteiger partial charge in [-0.1, -0.05) is 12.1 Å². The lowest BCUT2D eigenvalue weighted by atomic mass is 9.87. The van der Waals surface area contributed by atoms with Crippen LogP contribution < -0.4 is 5.32 Å². The Morgan fingerprint density at radius 2 is 2.12 bits per heavy atom. The molecule has 1 heterocycles. The lowest BCUT2D eigenvalue weighted by molar-refractivity contribution is 0.112. The SMILES string of the molecule is COCC1CCCNC1c1ccc(F)cc1. The van der Waals surface area contributed by atoms with Gasteiger partial charge in [-0.3, -0.25) is 0 Å². The van der Waals surface area contributed by atoms with Gasteiger partial charge in [0.2, 0.25) is 0 Å². The fourth-order valence-electron chi connectivity index (χ4n) is 2.41. The van der Waals surface area contributed by atoms with E-state index in [0.29, 0.717) is 12.0 Å². The number of piperidine rings is 1. The first-order valence-corrected chi connectivity index (χ1v) is 5.79. The van der Waals surface area contributed by atoms with Gasteiger partial charge in [0.15, 0.2) is 0 Å². The second kappa shape index (κ2) is 5.41. The predicted molar refractivity (Wildman–Crippen MR) is 61.7 cm³/mol. The zero-order chi connectivity index (χ0) is 11.4.